The van der Waals surface area contributed by atoms with E-state index < -0.39 is 0 Å². The highest BCUT2D eigenvalue weighted by molar-refractivity contribution is 6.50. The number of carbonyl (C=O) groups excluding carboxylic acids is 2. The minimum absolute atomic E-state index is 0.360. The average Bonchev–Trinajstić information content (AvgIpc) is 3.60. The van der Waals surface area contributed by atoms with Gasteiger partial charge in [-0.25, -0.2) is 0 Å². The lowest BCUT2D eigenvalue weighted by Gasteiger charge is -2.26. The van der Waals surface area contributed by atoms with Crippen LogP contribution in [0, 0.1) is 0 Å². The van der Waals surface area contributed by atoms with E-state index in [0.29, 0.717) is 11.1 Å². The van der Waals surface area contributed by atoms with Gasteiger partial charge in [0.05, 0.1) is 24.4 Å². The summed E-state index contributed by atoms with van der Waals surface area (Å²) in [6, 6.07) is 12.4. The maximum atomic E-state index is 13.4. The van der Waals surface area contributed by atoms with Crippen molar-refractivity contribution in [2.75, 3.05) is 70.8 Å². The van der Waals surface area contributed by atoms with Gasteiger partial charge in [-0.15, -0.1) is 0 Å². The standard InChI is InChI=1S/C31H36N6O3/c1-34(2)20-6-8-26-22(16-20)24(18-32-26)28-29(31(39)33-30(28)38)25-19-37(11-5-10-36-12-14-40-15-13-36)27-9-7-21(35(3)4)17-23(25)27/h6-9,16-19,32H,5,10-15H2,1-4H3,(H,33,38,39). The third kappa shape index (κ3) is 4.65. The first kappa shape index (κ1) is 26.2. The van der Waals surface area contributed by atoms with Crippen LogP contribution in [-0.4, -0.2) is 87.3 Å². The third-order valence-electron chi connectivity index (χ3n) is 8.01. The second-order valence-corrected chi connectivity index (χ2v) is 11.0. The number of anilines is 2. The molecule has 2 aliphatic heterocycles. The number of rotatable bonds is 8. The molecule has 9 heteroatoms. The van der Waals surface area contributed by atoms with E-state index in [1.165, 1.54) is 0 Å². The summed E-state index contributed by atoms with van der Waals surface area (Å²) >= 11 is 0. The van der Waals surface area contributed by atoms with E-state index in [1.807, 2.05) is 51.4 Å². The van der Waals surface area contributed by atoms with Crippen molar-refractivity contribution in [3.05, 3.63) is 59.9 Å². The lowest BCUT2D eigenvalue weighted by molar-refractivity contribution is -0.122. The summed E-state index contributed by atoms with van der Waals surface area (Å²) in [7, 11) is 7.98. The molecule has 0 saturated carbocycles. The number of morpholine rings is 1. The number of nitrogens with one attached hydrogen (secondary N) is 2. The minimum Gasteiger partial charge on any atom is -0.379 e. The molecule has 0 bridgehead atoms. The van der Waals surface area contributed by atoms with Gasteiger partial charge >= 0.3 is 0 Å². The highest BCUT2D eigenvalue weighted by Crippen LogP contribution is 2.39. The molecule has 4 aromatic rings. The second kappa shape index (κ2) is 10.5. The van der Waals surface area contributed by atoms with Crippen LogP contribution in [0.25, 0.3) is 33.0 Å². The van der Waals surface area contributed by atoms with Crippen LogP contribution < -0.4 is 15.1 Å². The van der Waals surface area contributed by atoms with Crippen LogP contribution in [0.2, 0.25) is 0 Å². The Morgan fingerprint density at radius 2 is 1.48 bits per heavy atom. The molecule has 9 nitrogen and oxygen atoms in total. The molecule has 0 spiro atoms. The lowest BCUT2D eigenvalue weighted by atomic mass is 9.95. The van der Waals surface area contributed by atoms with Crippen molar-refractivity contribution in [3.63, 3.8) is 0 Å². The maximum absolute atomic E-state index is 13.4. The number of carbonyl (C=O) groups is 2. The van der Waals surface area contributed by atoms with Gasteiger partial charge in [-0.1, -0.05) is 0 Å². The fraction of sp³-hybridized carbons (Fsp3) is 0.355. The number of fused-ring (bicyclic) bond motifs is 2. The van der Waals surface area contributed by atoms with E-state index >= 15 is 0 Å². The Morgan fingerprint density at radius 1 is 0.825 bits per heavy atom. The Hall–Kier alpha value is -4.08. The Balaban J connectivity index is 1.48. The zero-order valence-electron chi connectivity index (χ0n) is 23.6. The molecule has 0 aliphatic carbocycles. The van der Waals surface area contributed by atoms with Crippen molar-refractivity contribution >= 4 is 56.1 Å². The number of amides is 2. The van der Waals surface area contributed by atoms with Crippen LogP contribution in [0.5, 0.6) is 0 Å². The van der Waals surface area contributed by atoms with Gasteiger partial charge in [0.25, 0.3) is 11.8 Å². The van der Waals surface area contributed by atoms with Crippen molar-refractivity contribution in [2.24, 2.45) is 0 Å². The third-order valence-corrected chi connectivity index (χ3v) is 8.01. The monoisotopic (exact) mass is 540 g/mol. The molecule has 0 atom stereocenters. The first-order valence-electron chi connectivity index (χ1n) is 13.8. The number of imide groups is 1. The first-order chi connectivity index (χ1) is 19.3. The predicted molar refractivity (Wildman–Crippen MR) is 161 cm³/mol. The van der Waals surface area contributed by atoms with Gasteiger partial charge in [0.1, 0.15) is 0 Å². The van der Waals surface area contributed by atoms with Gasteiger partial charge in [-0.2, -0.15) is 0 Å². The van der Waals surface area contributed by atoms with Gasteiger partial charge in [-0.05, 0) is 42.8 Å². The van der Waals surface area contributed by atoms with E-state index in [1.54, 1.807) is 0 Å². The zero-order chi connectivity index (χ0) is 28.0. The van der Waals surface area contributed by atoms with Crippen molar-refractivity contribution in [1.29, 1.82) is 0 Å². The van der Waals surface area contributed by atoms with E-state index in [4.69, 9.17) is 4.74 Å². The van der Waals surface area contributed by atoms with E-state index in [-0.39, 0.29) is 11.8 Å². The molecule has 40 heavy (non-hydrogen) atoms. The molecule has 208 valence electrons. The van der Waals surface area contributed by atoms with E-state index in [9.17, 15) is 9.59 Å². The Morgan fingerprint density at radius 3 is 2.17 bits per heavy atom. The number of hydrogen-bond donors (Lipinski definition) is 2. The second-order valence-electron chi connectivity index (χ2n) is 11.0. The number of nitrogens with zero attached hydrogens (tertiary/aromatic N) is 4. The number of aromatic nitrogens is 2. The number of benzene rings is 2. The largest absolute Gasteiger partial charge is 0.379 e. The van der Waals surface area contributed by atoms with Gasteiger partial charge in [0, 0.05) is 111 Å². The summed E-state index contributed by atoms with van der Waals surface area (Å²) in [5.41, 5.74) is 6.37. The number of H-pyrrole nitrogens is 1. The van der Waals surface area contributed by atoms with Gasteiger partial charge in [-0.3, -0.25) is 19.8 Å². The zero-order valence-corrected chi connectivity index (χ0v) is 23.6. The molecule has 1 fully saturated rings. The summed E-state index contributed by atoms with van der Waals surface area (Å²) in [6.07, 6.45) is 4.87. The summed E-state index contributed by atoms with van der Waals surface area (Å²) < 4.78 is 7.72. The number of ether oxygens (including phenoxy) is 1. The van der Waals surface area contributed by atoms with Gasteiger partial charge in [0.2, 0.25) is 0 Å². The molecule has 1 saturated heterocycles. The van der Waals surface area contributed by atoms with Crippen LogP contribution in [0.4, 0.5) is 11.4 Å². The molecule has 0 unspecified atom stereocenters. The van der Waals surface area contributed by atoms with Crippen LogP contribution in [0.3, 0.4) is 0 Å². The van der Waals surface area contributed by atoms with E-state index in [0.717, 1.165) is 90.1 Å². The summed E-state index contributed by atoms with van der Waals surface area (Å²) in [6.45, 7) is 5.30. The minimum atomic E-state index is -0.367. The molecule has 2 aromatic heterocycles. The molecule has 2 aromatic carbocycles. The molecule has 4 heterocycles. The SMILES string of the molecule is CN(C)c1ccc2[nH]cc(C3=C(c4cn(CCCN5CCOCC5)c5ccc(N(C)C)cc45)C(=O)NC3=O)c2c1. The number of aryl methyl sites for hydroxylation is 1. The van der Waals surface area contributed by atoms with E-state index in [2.05, 4.69) is 55.1 Å². The normalized spacial score (nSPS) is 16.4. The van der Waals surface area contributed by atoms with Crippen LogP contribution in [0.1, 0.15) is 17.5 Å². The average molecular weight is 541 g/mol. The van der Waals surface area contributed by atoms with Crippen LogP contribution in [-0.2, 0) is 20.9 Å². The molecular formula is C31H36N6O3. The van der Waals surface area contributed by atoms with Gasteiger partial charge < -0.3 is 24.1 Å². The quantitative estimate of drug-likeness (QED) is 0.333. The lowest BCUT2D eigenvalue weighted by Crippen LogP contribution is -2.37. The summed E-state index contributed by atoms with van der Waals surface area (Å²) in [4.78, 5) is 36.6. The molecule has 2 N–H and O–H groups in total. The van der Waals surface area contributed by atoms with Crippen molar-refractivity contribution in [3.8, 4) is 0 Å². The molecule has 6 rings (SSSR count). The fourth-order valence-electron chi connectivity index (χ4n) is 5.80. The fourth-order valence-corrected chi connectivity index (χ4v) is 5.80. The Kier molecular flexibility index (Phi) is 6.85. The smallest absolute Gasteiger partial charge is 0.259 e. The van der Waals surface area contributed by atoms with Crippen molar-refractivity contribution in [1.82, 2.24) is 19.8 Å². The summed E-state index contributed by atoms with van der Waals surface area (Å²) in [5, 5.41) is 4.46. The highest BCUT2D eigenvalue weighted by Gasteiger charge is 2.35. The Bertz CT molecular complexity index is 1640. The predicted octanol–water partition coefficient (Wildman–Crippen LogP) is 3.54. The topological polar surface area (TPSA) is 85.8 Å². The molecule has 2 aliphatic rings. The Labute approximate surface area is 234 Å². The van der Waals surface area contributed by atoms with Crippen LogP contribution in [0.15, 0.2) is 48.8 Å². The summed E-state index contributed by atoms with van der Waals surface area (Å²) in [5.74, 6) is -0.728. The number of hydrogen-bond acceptors (Lipinski definition) is 6. The van der Waals surface area contributed by atoms with Crippen molar-refractivity contribution in [2.45, 2.75) is 13.0 Å². The van der Waals surface area contributed by atoms with Crippen LogP contribution >= 0.6 is 0 Å². The number of aromatic amines is 1. The highest BCUT2D eigenvalue weighted by atomic mass is 16.5. The van der Waals surface area contributed by atoms with Gasteiger partial charge in [0.15, 0.2) is 0 Å². The molecule has 2 amide bonds. The molecule has 0 radical (unpaired) electrons. The first-order valence-corrected chi connectivity index (χ1v) is 13.8. The maximum Gasteiger partial charge on any atom is 0.259 e. The molecular weight excluding hydrogens is 504 g/mol. The van der Waals surface area contributed by atoms with Crippen molar-refractivity contribution < 1.29 is 14.3 Å².